The normalized spacial score (nSPS) is 10.6. The molecule has 0 fully saturated rings. The van der Waals surface area contributed by atoms with Crippen molar-refractivity contribution in [3.63, 3.8) is 0 Å². The minimum atomic E-state index is -0.240. The molecule has 0 atom stereocenters. The zero-order valence-corrected chi connectivity index (χ0v) is 17.4. The van der Waals surface area contributed by atoms with Crippen LogP contribution in [0.25, 0.3) is 22.4 Å². The summed E-state index contributed by atoms with van der Waals surface area (Å²) in [5.41, 5.74) is 6.11. The number of hydrogen-bond acceptors (Lipinski definition) is 5. The molecule has 2 heterocycles. The van der Waals surface area contributed by atoms with E-state index >= 15 is 0 Å². The molecule has 6 nitrogen and oxygen atoms in total. The van der Waals surface area contributed by atoms with E-state index in [1.54, 1.807) is 6.20 Å². The second-order valence-corrected chi connectivity index (χ2v) is 7.14. The lowest BCUT2D eigenvalue weighted by molar-refractivity contribution is -0.140. The fraction of sp³-hybridized carbons (Fsp3) is 0.160. The van der Waals surface area contributed by atoms with E-state index in [9.17, 15) is 4.79 Å². The van der Waals surface area contributed by atoms with Crippen molar-refractivity contribution in [1.29, 1.82) is 0 Å². The predicted molar refractivity (Wildman–Crippen MR) is 122 cm³/mol. The summed E-state index contributed by atoms with van der Waals surface area (Å²) >= 11 is 0. The largest absolute Gasteiger partial charge is 0.469 e. The molecule has 4 aromatic rings. The van der Waals surface area contributed by atoms with E-state index in [0.717, 1.165) is 33.6 Å². The molecule has 2 aromatic carbocycles. The molecule has 0 spiro atoms. The Labute approximate surface area is 181 Å². The molecule has 0 aliphatic heterocycles. The van der Waals surface area contributed by atoms with Crippen molar-refractivity contribution in [3.8, 4) is 22.4 Å². The highest BCUT2D eigenvalue weighted by atomic mass is 16.5. The molecule has 0 aliphatic rings. The third-order valence-corrected chi connectivity index (χ3v) is 4.98. The maximum Gasteiger partial charge on any atom is 0.307 e. The van der Waals surface area contributed by atoms with Crippen LogP contribution in [0.4, 0.5) is 5.69 Å². The summed E-state index contributed by atoms with van der Waals surface area (Å²) in [4.78, 5) is 15.7. The van der Waals surface area contributed by atoms with Crippen LogP contribution in [0.15, 0.2) is 85.3 Å². The lowest BCUT2D eigenvalue weighted by Gasteiger charge is -2.13. The fourth-order valence-electron chi connectivity index (χ4n) is 3.39. The Kier molecular flexibility index (Phi) is 6.38. The zero-order valence-electron chi connectivity index (χ0n) is 17.4. The summed E-state index contributed by atoms with van der Waals surface area (Å²) in [5.74, 6) is -0.240. The molecular formula is C25H24N4O2. The highest BCUT2D eigenvalue weighted by molar-refractivity contribution is 5.81. The first-order chi connectivity index (χ1) is 15.2. The van der Waals surface area contributed by atoms with Crippen LogP contribution in [0, 0.1) is 0 Å². The molecule has 0 saturated carbocycles. The van der Waals surface area contributed by atoms with Gasteiger partial charge in [0.15, 0.2) is 0 Å². The third-order valence-electron chi connectivity index (χ3n) is 4.98. The van der Waals surface area contributed by atoms with E-state index in [1.165, 1.54) is 7.11 Å². The van der Waals surface area contributed by atoms with E-state index in [0.29, 0.717) is 19.5 Å². The number of aromatic nitrogens is 3. The molecule has 1 N–H and O–H groups in total. The summed E-state index contributed by atoms with van der Waals surface area (Å²) in [5, 5.41) is 8.14. The van der Waals surface area contributed by atoms with Crippen LogP contribution < -0.4 is 5.32 Å². The lowest BCUT2D eigenvalue weighted by Crippen LogP contribution is -2.10. The molecule has 0 amide bonds. The molecule has 4 rings (SSSR count). The van der Waals surface area contributed by atoms with E-state index in [2.05, 4.69) is 34.6 Å². The number of anilines is 1. The topological polar surface area (TPSA) is 69.0 Å². The van der Waals surface area contributed by atoms with Crippen molar-refractivity contribution < 1.29 is 9.53 Å². The Hall–Kier alpha value is -3.93. The SMILES string of the molecule is COC(=O)CCNc1ccc(-c2ccccc2)cc1-c1ccn(Cc2cccnc2)n1. The maximum absolute atomic E-state index is 11.5. The Bertz CT molecular complexity index is 1140. The Morgan fingerprint density at radius 3 is 2.68 bits per heavy atom. The third kappa shape index (κ3) is 5.17. The number of ether oxygens (including phenoxy) is 1. The van der Waals surface area contributed by atoms with Gasteiger partial charge in [-0.05, 0) is 41.0 Å². The molecule has 156 valence electrons. The van der Waals surface area contributed by atoms with Gasteiger partial charge in [0.25, 0.3) is 0 Å². The van der Waals surface area contributed by atoms with Gasteiger partial charge in [-0.3, -0.25) is 14.5 Å². The first-order valence-corrected chi connectivity index (χ1v) is 10.2. The van der Waals surface area contributed by atoms with Crippen LogP contribution >= 0.6 is 0 Å². The average molecular weight is 412 g/mol. The fourth-order valence-corrected chi connectivity index (χ4v) is 3.39. The number of benzene rings is 2. The van der Waals surface area contributed by atoms with Gasteiger partial charge in [0.1, 0.15) is 0 Å². The maximum atomic E-state index is 11.5. The summed E-state index contributed by atoms with van der Waals surface area (Å²) in [6.45, 7) is 1.14. The molecule has 6 heteroatoms. The second kappa shape index (κ2) is 9.71. The zero-order chi connectivity index (χ0) is 21.5. The number of carbonyl (C=O) groups is 1. The number of methoxy groups -OCH3 is 1. The van der Waals surface area contributed by atoms with Gasteiger partial charge in [0.2, 0.25) is 0 Å². The Morgan fingerprint density at radius 1 is 1.03 bits per heavy atom. The lowest BCUT2D eigenvalue weighted by atomic mass is 10.00. The van der Waals surface area contributed by atoms with Gasteiger partial charge >= 0.3 is 5.97 Å². The molecule has 0 unspecified atom stereocenters. The second-order valence-electron chi connectivity index (χ2n) is 7.14. The van der Waals surface area contributed by atoms with E-state index in [1.807, 2.05) is 59.5 Å². The number of hydrogen-bond donors (Lipinski definition) is 1. The van der Waals surface area contributed by atoms with Crippen LogP contribution in [0.3, 0.4) is 0 Å². The number of rotatable bonds is 8. The first kappa shape index (κ1) is 20.3. The molecule has 0 radical (unpaired) electrons. The molecule has 0 aliphatic carbocycles. The number of pyridine rings is 1. The van der Waals surface area contributed by atoms with Gasteiger partial charge in [-0.2, -0.15) is 5.10 Å². The Morgan fingerprint density at radius 2 is 1.90 bits per heavy atom. The Balaban J connectivity index is 1.63. The van der Waals surface area contributed by atoms with Crippen molar-refractivity contribution in [3.05, 3.63) is 90.9 Å². The van der Waals surface area contributed by atoms with E-state index < -0.39 is 0 Å². The van der Waals surface area contributed by atoms with Gasteiger partial charge in [-0.15, -0.1) is 0 Å². The minimum absolute atomic E-state index is 0.240. The van der Waals surface area contributed by atoms with Crippen molar-refractivity contribution in [2.24, 2.45) is 0 Å². The molecule has 31 heavy (non-hydrogen) atoms. The van der Waals surface area contributed by atoms with Gasteiger partial charge in [0, 0.05) is 36.4 Å². The predicted octanol–water partition coefficient (Wildman–Crippen LogP) is 4.64. The number of nitrogens with zero attached hydrogens (tertiary/aromatic N) is 3. The summed E-state index contributed by atoms with van der Waals surface area (Å²) in [6.07, 6.45) is 5.87. The summed E-state index contributed by atoms with van der Waals surface area (Å²) < 4.78 is 6.64. The van der Waals surface area contributed by atoms with Crippen LogP contribution in [0.1, 0.15) is 12.0 Å². The van der Waals surface area contributed by atoms with Crippen molar-refractivity contribution in [2.75, 3.05) is 19.0 Å². The van der Waals surface area contributed by atoms with Crippen LogP contribution in [0.5, 0.6) is 0 Å². The number of nitrogens with one attached hydrogen (secondary N) is 1. The van der Waals surface area contributed by atoms with Gasteiger partial charge in [0.05, 0.1) is 25.8 Å². The number of esters is 1. The molecular weight excluding hydrogens is 388 g/mol. The molecule has 0 bridgehead atoms. The van der Waals surface area contributed by atoms with Crippen molar-refractivity contribution in [1.82, 2.24) is 14.8 Å². The summed E-state index contributed by atoms with van der Waals surface area (Å²) in [7, 11) is 1.40. The molecule has 0 saturated heterocycles. The van der Waals surface area contributed by atoms with E-state index in [4.69, 9.17) is 9.84 Å². The standard InChI is InChI=1S/C25H24N4O2/c1-31-25(30)11-14-27-23-10-9-21(20-7-3-2-4-8-20)16-22(23)24-12-15-29(28-24)18-19-6-5-13-26-17-19/h2-10,12-13,15-17,27H,11,14,18H2,1H3. The monoisotopic (exact) mass is 412 g/mol. The van der Waals surface area contributed by atoms with Crippen molar-refractivity contribution >= 4 is 11.7 Å². The highest BCUT2D eigenvalue weighted by Crippen LogP contribution is 2.32. The van der Waals surface area contributed by atoms with Gasteiger partial charge < -0.3 is 10.1 Å². The van der Waals surface area contributed by atoms with E-state index in [-0.39, 0.29) is 5.97 Å². The van der Waals surface area contributed by atoms with Crippen LogP contribution in [0.2, 0.25) is 0 Å². The highest BCUT2D eigenvalue weighted by Gasteiger charge is 2.12. The summed E-state index contributed by atoms with van der Waals surface area (Å²) in [6, 6.07) is 22.4. The van der Waals surface area contributed by atoms with Crippen molar-refractivity contribution in [2.45, 2.75) is 13.0 Å². The van der Waals surface area contributed by atoms with Gasteiger partial charge in [-0.1, -0.05) is 42.5 Å². The van der Waals surface area contributed by atoms with Crippen LogP contribution in [-0.4, -0.2) is 34.4 Å². The van der Waals surface area contributed by atoms with Crippen LogP contribution in [-0.2, 0) is 16.1 Å². The number of carbonyl (C=O) groups excluding carboxylic acids is 1. The van der Waals surface area contributed by atoms with Gasteiger partial charge in [-0.25, -0.2) is 0 Å². The minimum Gasteiger partial charge on any atom is -0.469 e. The quantitative estimate of drug-likeness (QED) is 0.427. The smallest absolute Gasteiger partial charge is 0.307 e. The first-order valence-electron chi connectivity index (χ1n) is 10.2. The average Bonchev–Trinajstić information content (AvgIpc) is 3.28. The molecule has 2 aromatic heterocycles.